The van der Waals surface area contributed by atoms with Crippen LogP contribution in [-0.2, 0) is 11.1 Å². The maximum Gasteiger partial charge on any atom is 0.278 e. The van der Waals surface area contributed by atoms with E-state index >= 15 is 0 Å². The highest BCUT2D eigenvalue weighted by molar-refractivity contribution is 7.62. The van der Waals surface area contributed by atoms with Crippen molar-refractivity contribution in [2.75, 3.05) is 31.4 Å². The lowest BCUT2D eigenvalue weighted by molar-refractivity contribution is 0.509. The molecule has 0 amide bonds. The largest absolute Gasteiger partial charge is 0.324 e. The first-order chi connectivity index (χ1) is 13.6. The van der Waals surface area contributed by atoms with Gasteiger partial charge in [-0.3, -0.25) is 14.5 Å². The molecular formula is C18H21F3N5O2P. The Morgan fingerprint density at radius 3 is 2.55 bits per heavy atom. The number of anilines is 2. The Morgan fingerprint density at radius 2 is 1.90 bits per heavy atom. The zero-order chi connectivity index (χ0) is 21.3. The van der Waals surface area contributed by atoms with Crippen LogP contribution >= 0.6 is 7.14 Å². The van der Waals surface area contributed by atoms with Gasteiger partial charge < -0.3 is 9.46 Å². The Labute approximate surface area is 164 Å². The van der Waals surface area contributed by atoms with Crippen LogP contribution in [0.15, 0.2) is 23.0 Å². The normalized spacial score (nSPS) is 11.9. The van der Waals surface area contributed by atoms with Crippen LogP contribution in [0.1, 0.15) is 12.8 Å². The van der Waals surface area contributed by atoms with Gasteiger partial charge in [0.05, 0.1) is 7.14 Å². The highest BCUT2D eigenvalue weighted by Crippen LogP contribution is 2.36. The smallest absolute Gasteiger partial charge is 0.278 e. The average Bonchev–Trinajstić information content (AvgIpc) is 2.96. The molecule has 0 aliphatic carbocycles. The van der Waals surface area contributed by atoms with E-state index in [2.05, 4.69) is 15.1 Å². The summed E-state index contributed by atoms with van der Waals surface area (Å²) in [5.41, 5.74) is -0.605. The minimum absolute atomic E-state index is 0.0129. The van der Waals surface area contributed by atoms with E-state index in [1.807, 2.05) is 0 Å². The van der Waals surface area contributed by atoms with Crippen molar-refractivity contribution in [3.05, 3.63) is 46.1 Å². The van der Waals surface area contributed by atoms with Crippen molar-refractivity contribution in [1.29, 1.82) is 0 Å². The fourth-order valence-corrected chi connectivity index (χ4v) is 3.92. The minimum Gasteiger partial charge on any atom is -0.324 e. The molecule has 0 unspecified atom stereocenters. The first kappa shape index (κ1) is 21.1. The summed E-state index contributed by atoms with van der Waals surface area (Å²) in [5, 5.41) is 3.75. The number of fused-ring (bicyclic) bond motifs is 1. The second-order valence-electron chi connectivity index (χ2n) is 7.26. The summed E-state index contributed by atoms with van der Waals surface area (Å²) in [6, 6.07) is 3.20. The molecule has 11 heteroatoms. The number of H-pyrrole nitrogens is 1. The molecule has 29 heavy (non-hydrogen) atoms. The second kappa shape index (κ2) is 8.02. The van der Waals surface area contributed by atoms with Crippen LogP contribution in [0.4, 0.5) is 24.8 Å². The summed E-state index contributed by atoms with van der Waals surface area (Å²) in [5.74, 6) is -3.00. The van der Waals surface area contributed by atoms with Crippen LogP contribution in [0.25, 0.3) is 11.0 Å². The molecular weight excluding hydrogens is 406 g/mol. The molecule has 3 rings (SSSR count). The number of hydrogen-bond donors (Lipinski definition) is 1. The van der Waals surface area contributed by atoms with E-state index in [1.165, 1.54) is 22.7 Å². The van der Waals surface area contributed by atoms with Crippen molar-refractivity contribution in [2.45, 2.75) is 19.4 Å². The third-order valence-corrected chi connectivity index (χ3v) is 5.86. The number of benzene rings is 1. The molecule has 2 aromatic heterocycles. The number of nitrogens with one attached hydrogen (secondary N) is 1. The molecule has 0 saturated heterocycles. The van der Waals surface area contributed by atoms with E-state index in [1.54, 1.807) is 13.3 Å². The molecule has 7 nitrogen and oxygen atoms in total. The SMILES string of the molecule is CN(c1ccc(F)c(F)c1)c1nc2c(F)nn(CCCCP(C)(C)=O)c2c(=O)[nH]1. The maximum absolute atomic E-state index is 14.3. The van der Waals surface area contributed by atoms with Crippen molar-refractivity contribution >= 4 is 29.8 Å². The van der Waals surface area contributed by atoms with Gasteiger partial charge in [-0.25, -0.2) is 13.8 Å². The summed E-state index contributed by atoms with van der Waals surface area (Å²) in [6.07, 6.45) is 1.81. The molecule has 1 N–H and O–H groups in total. The molecule has 0 saturated carbocycles. The Morgan fingerprint density at radius 1 is 1.17 bits per heavy atom. The van der Waals surface area contributed by atoms with Crippen LogP contribution in [0.5, 0.6) is 0 Å². The Kier molecular flexibility index (Phi) is 5.84. The highest BCUT2D eigenvalue weighted by atomic mass is 31.2. The first-order valence-corrected chi connectivity index (χ1v) is 11.7. The average molecular weight is 427 g/mol. The summed E-state index contributed by atoms with van der Waals surface area (Å²) in [6.45, 7) is 3.69. The number of unbranched alkanes of at least 4 members (excludes halogenated alkanes) is 1. The standard InChI is InChI=1S/C18H21F3N5O2P/c1-25(11-6-7-12(19)13(20)10-11)18-22-14-15(17(27)23-18)26(24-16(14)21)8-4-5-9-29(2,3)28/h6-7,10H,4-5,8-9H2,1-3H3,(H,22,23,27). The number of aryl methyl sites for hydroxylation is 1. The van der Waals surface area contributed by atoms with E-state index in [4.69, 9.17) is 0 Å². The van der Waals surface area contributed by atoms with Crippen molar-refractivity contribution in [2.24, 2.45) is 0 Å². The van der Waals surface area contributed by atoms with Gasteiger partial charge in [0.1, 0.15) is 0 Å². The number of aromatic amines is 1. The topological polar surface area (TPSA) is 83.9 Å². The highest BCUT2D eigenvalue weighted by Gasteiger charge is 2.19. The van der Waals surface area contributed by atoms with Gasteiger partial charge in [0, 0.05) is 31.5 Å². The molecule has 0 radical (unpaired) electrons. The quantitative estimate of drug-likeness (QED) is 0.459. The number of rotatable bonds is 7. The first-order valence-electron chi connectivity index (χ1n) is 8.96. The van der Waals surface area contributed by atoms with E-state index in [0.29, 0.717) is 19.0 Å². The predicted molar refractivity (Wildman–Crippen MR) is 106 cm³/mol. The lowest BCUT2D eigenvalue weighted by Crippen LogP contribution is -2.20. The van der Waals surface area contributed by atoms with Crippen LogP contribution in [0.3, 0.4) is 0 Å². The molecule has 0 bridgehead atoms. The zero-order valence-corrected chi connectivity index (χ0v) is 17.1. The van der Waals surface area contributed by atoms with Gasteiger partial charge in [0.2, 0.25) is 5.95 Å². The van der Waals surface area contributed by atoms with Crippen molar-refractivity contribution in [1.82, 2.24) is 19.7 Å². The van der Waals surface area contributed by atoms with Crippen molar-refractivity contribution in [3.63, 3.8) is 0 Å². The molecule has 3 aromatic rings. The number of aromatic nitrogens is 4. The van der Waals surface area contributed by atoms with Crippen LogP contribution in [-0.4, -0.2) is 46.3 Å². The van der Waals surface area contributed by atoms with Crippen LogP contribution < -0.4 is 10.5 Å². The van der Waals surface area contributed by atoms with E-state index in [9.17, 15) is 22.5 Å². The van der Waals surface area contributed by atoms with Gasteiger partial charge >= 0.3 is 0 Å². The summed E-state index contributed by atoms with van der Waals surface area (Å²) in [4.78, 5) is 20.5. The number of nitrogens with zero attached hydrogens (tertiary/aromatic N) is 4. The third-order valence-electron chi connectivity index (χ3n) is 4.47. The molecule has 2 heterocycles. The Balaban J connectivity index is 1.89. The van der Waals surface area contributed by atoms with E-state index in [0.717, 1.165) is 12.1 Å². The fourth-order valence-electron chi connectivity index (χ4n) is 2.93. The fraction of sp³-hybridized carbons (Fsp3) is 0.389. The van der Waals surface area contributed by atoms with Gasteiger partial charge in [-0.2, -0.15) is 4.39 Å². The van der Waals surface area contributed by atoms with Crippen LogP contribution in [0, 0.1) is 17.6 Å². The molecule has 0 spiro atoms. The summed E-state index contributed by atoms with van der Waals surface area (Å²) in [7, 11) is -0.654. The molecule has 156 valence electrons. The van der Waals surface area contributed by atoms with Gasteiger partial charge in [-0.1, -0.05) is 0 Å². The molecule has 1 aromatic carbocycles. The molecule has 0 fully saturated rings. The Bertz CT molecular complexity index is 1150. The maximum atomic E-state index is 14.3. The molecule has 0 atom stereocenters. The monoisotopic (exact) mass is 427 g/mol. The predicted octanol–water partition coefficient (Wildman–Crippen LogP) is 3.71. The lowest BCUT2D eigenvalue weighted by Gasteiger charge is -2.17. The van der Waals surface area contributed by atoms with E-state index < -0.39 is 30.3 Å². The van der Waals surface area contributed by atoms with Gasteiger partial charge in [0.25, 0.3) is 11.5 Å². The van der Waals surface area contributed by atoms with Gasteiger partial charge in [-0.15, -0.1) is 5.10 Å². The van der Waals surface area contributed by atoms with Crippen LogP contribution in [0.2, 0.25) is 0 Å². The van der Waals surface area contributed by atoms with Crippen molar-refractivity contribution in [3.8, 4) is 0 Å². The number of hydrogen-bond acceptors (Lipinski definition) is 5. The second-order valence-corrected chi connectivity index (χ2v) is 10.9. The lowest BCUT2D eigenvalue weighted by atomic mass is 10.3. The van der Waals surface area contributed by atoms with Gasteiger partial charge in [-0.05, 0) is 38.3 Å². The van der Waals surface area contributed by atoms with Crippen molar-refractivity contribution < 1.29 is 17.7 Å². The third kappa shape index (κ3) is 4.70. The summed E-state index contributed by atoms with van der Waals surface area (Å²) >= 11 is 0. The minimum atomic E-state index is -2.13. The Hall–Kier alpha value is -2.61. The number of halogens is 3. The molecule has 0 aliphatic rings. The van der Waals surface area contributed by atoms with Gasteiger partial charge in [0.15, 0.2) is 22.7 Å². The van der Waals surface area contributed by atoms with E-state index in [-0.39, 0.29) is 29.2 Å². The zero-order valence-electron chi connectivity index (χ0n) is 16.2. The molecule has 0 aliphatic heterocycles. The summed E-state index contributed by atoms with van der Waals surface area (Å²) < 4.78 is 54.0.